The number of hydrogen-bond donors (Lipinski definition) is 3. The van der Waals surface area contributed by atoms with E-state index in [0.29, 0.717) is 24.3 Å². The summed E-state index contributed by atoms with van der Waals surface area (Å²) < 4.78 is 0. The molecule has 100 valence electrons. The molecule has 0 fully saturated rings. The normalized spacial score (nSPS) is 10.4. The second-order valence-corrected chi connectivity index (χ2v) is 4.90. The highest BCUT2D eigenvalue weighted by Crippen LogP contribution is 2.13. The number of anilines is 1. The standard InChI is InChI=1S/C13H15N3O2S/c14-7-12-16-11(8-19-12)13(18)15-10-3-1-9(2-4-10)5-6-17/h1-4,8,17H,5-7,14H2,(H,15,18). The van der Waals surface area contributed by atoms with Crippen molar-refractivity contribution < 1.29 is 9.90 Å². The predicted molar refractivity (Wildman–Crippen MR) is 75.2 cm³/mol. The van der Waals surface area contributed by atoms with Crippen LogP contribution >= 0.6 is 11.3 Å². The second-order valence-electron chi connectivity index (χ2n) is 3.96. The van der Waals surface area contributed by atoms with Gasteiger partial charge in [0.2, 0.25) is 0 Å². The van der Waals surface area contributed by atoms with Gasteiger partial charge in [-0.3, -0.25) is 4.79 Å². The Balaban J connectivity index is 2.01. The molecular weight excluding hydrogens is 262 g/mol. The maximum Gasteiger partial charge on any atom is 0.275 e. The van der Waals surface area contributed by atoms with E-state index in [2.05, 4.69) is 10.3 Å². The van der Waals surface area contributed by atoms with Crippen molar-refractivity contribution in [3.05, 3.63) is 45.9 Å². The van der Waals surface area contributed by atoms with Crippen LogP contribution in [0, 0.1) is 0 Å². The van der Waals surface area contributed by atoms with Gasteiger partial charge in [0.25, 0.3) is 5.91 Å². The van der Waals surface area contributed by atoms with E-state index >= 15 is 0 Å². The zero-order valence-corrected chi connectivity index (χ0v) is 11.1. The largest absolute Gasteiger partial charge is 0.396 e. The van der Waals surface area contributed by atoms with Gasteiger partial charge in [-0.25, -0.2) is 4.98 Å². The Morgan fingerprint density at radius 2 is 2.11 bits per heavy atom. The van der Waals surface area contributed by atoms with E-state index in [-0.39, 0.29) is 12.5 Å². The van der Waals surface area contributed by atoms with E-state index in [0.717, 1.165) is 10.6 Å². The lowest BCUT2D eigenvalue weighted by Crippen LogP contribution is -2.12. The lowest BCUT2D eigenvalue weighted by Gasteiger charge is -2.04. The highest BCUT2D eigenvalue weighted by atomic mass is 32.1. The van der Waals surface area contributed by atoms with E-state index < -0.39 is 0 Å². The van der Waals surface area contributed by atoms with Crippen LogP contribution in [0.2, 0.25) is 0 Å². The molecule has 0 saturated heterocycles. The number of aromatic nitrogens is 1. The van der Waals surface area contributed by atoms with Crippen LogP contribution in [0.15, 0.2) is 29.6 Å². The third-order valence-corrected chi connectivity index (χ3v) is 3.44. The van der Waals surface area contributed by atoms with Crippen LogP contribution in [0.3, 0.4) is 0 Å². The average molecular weight is 277 g/mol. The van der Waals surface area contributed by atoms with Gasteiger partial charge in [-0.1, -0.05) is 12.1 Å². The Labute approximate surface area is 115 Å². The SMILES string of the molecule is NCc1nc(C(=O)Nc2ccc(CCO)cc2)cs1. The molecule has 19 heavy (non-hydrogen) atoms. The van der Waals surface area contributed by atoms with Crippen molar-refractivity contribution in [1.82, 2.24) is 4.98 Å². The van der Waals surface area contributed by atoms with Crippen molar-refractivity contribution in [1.29, 1.82) is 0 Å². The van der Waals surface area contributed by atoms with E-state index in [1.165, 1.54) is 11.3 Å². The minimum absolute atomic E-state index is 0.117. The number of aliphatic hydroxyl groups is 1. The van der Waals surface area contributed by atoms with Crippen molar-refractivity contribution in [3.63, 3.8) is 0 Å². The molecule has 0 aliphatic carbocycles. The van der Waals surface area contributed by atoms with Crippen molar-refractivity contribution >= 4 is 22.9 Å². The lowest BCUT2D eigenvalue weighted by atomic mass is 10.1. The van der Waals surface area contributed by atoms with Crippen LogP contribution in [-0.4, -0.2) is 22.6 Å². The van der Waals surface area contributed by atoms with Crippen LogP contribution < -0.4 is 11.1 Å². The molecule has 0 atom stereocenters. The molecule has 0 unspecified atom stereocenters. The summed E-state index contributed by atoms with van der Waals surface area (Å²) in [5.41, 5.74) is 7.57. The Morgan fingerprint density at radius 3 is 2.68 bits per heavy atom. The minimum atomic E-state index is -0.245. The van der Waals surface area contributed by atoms with Crippen molar-refractivity contribution in [2.24, 2.45) is 5.73 Å². The molecule has 1 aromatic heterocycles. The molecule has 2 aromatic rings. The fraction of sp³-hybridized carbons (Fsp3) is 0.231. The number of nitrogens with two attached hydrogens (primary N) is 1. The van der Waals surface area contributed by atoms with E-state index in [9.17, 15) is 4.79 Å². The van der Waals surface area contributed by atoms with E-state index in [1.807, 2.05) is 12.1 Å². The Bertz CT molecular complexity index is 551. The number of nitrogens with one attached hydrogen (secondary N) is 1. The molecule has 2 rings (SSSR count). The molecule has 5 nitrogen and oxygen atoms in total. The van der Waals surface area contributed by atoms with Crippen molar-refractivity contribution in [2.75, 3.05) is 11.9 Å². The zero-order valence-electron chi connectivity index (χ0n) is 10.3. The number of nitrogens with zero attached hydrogens (tertiary/aromatic N) is 1. The van der Waals surface area contributed by atoms with Gasteiger partial charge in [0.05, 0.1) is 0 Å². The fourth-order valence-corrected chi connectivity index (χ4v) is 2.24. The molecule has 6 heteroatoms. The van der Waals surface area contributed by atoms with Crippen molar-refractivity contribution in [2.45, 2.75) is 13.0 Å². The van der Waals surface area contributed by atoms with Gasteiger partial charge in [0, 0.05) is 24.2 Å². The van der Waals surface area contributed by atoms with Gasteiger partial charge in [-0.15, -0.1) is 11.3 Å². The Hall–Kier alpha value is -1.76. The number of hydrogen-bond acceptors (Lipinski definition) is 5. The molecule has 0 aliphatic heterocycles. The average Bonchev–Trinajstić information content (AvgIpc) is 2.90. The molecule has 1 aromatic carbocycles. The van der Waals surface area contributed by atoms with Crippen LogP contribution in [0.25, 0.3) is 0 Å². The summed E-state index contributed by atoms with van der Waals surface area (Å²) >= 11 is 1.37. The number of benzene rings is 1. The number of amides is 1. The summed E-state index contributed by atoms with van der Waals surface area (Å²) in [4.78, 5) is 16.0. The van der Waals surface area contributed by atoms with Gasteiger partial charge in [-0.2, -0.15) is 0 Å². The van der Waals surface area contributed by atoms with Crippen LogP contribution in [0.1, 0.15) is 21.1 Å². The maximum absolute atomic E-state index is 11.9. The third kappa shape index (κ3) is 3.60. The van der Waals surface area contributed by atoms with Gasteiger partial charge < -0.3 is 16.2 Å². The zero-order chi connectivity index (χ0) is 13.7. The molecule has 1 amide bonds. The summed E-state index contributed by atoms with van der Waals surface area (Å²) in [5, 5.41) is 14.0. The summed E-state index contributed by atoms with van der Waals surface area (Å²) in [6.07, 6.45) is 0.611. The Kier molecular flexibility index (Phi) is 4.62. The molecule has 0 aliphatic rings. The summed E-state index contributed by atoms with van der Waals surface area (Å²) in [6.45, 7) is 0.459. The van der Waals surface area contributed by atoms with Crippen LogP contribution in [0.5, 0.6) is 0 Å². The molecule has 1 heterocycles. The first-order chi connectivity index (χ1) is 9.22. The third-order valence-electron chi connectivity index (χ3n) is 2.57. The Morgan fingerprint density at radius 1 is 1.37 bits per heavy atom. The molecule has 0 bridgehead atoms. The molecule has 0 radical (unpaired) electrons. The number of aliphatic hydroxyl groups excluding tert-OH is 1. The van der Waals surface area contributed by atoms with Gasteiger partial charge >= 0.3 is 0 Å². The first-order valence-corrected chi connectivity index (χ1v) is 6.76. The quantitative estimate of drug-likeness (QED) is 0.770. The lowest BCUT2D eigenvalue weighted by molar-refractivity contribution is 0.102. The topological polar surface area (TPSA) is 88.2 Å². The number of carbonyl (C=O) groups is 1. The first-order valence-electron chi connectivity index (χ1n) is 5.88. The monoisotopic (exact) mass is 277 g/mol. The predicted octanol–water partition coefficient (Wildman–Crippen LogP) is 1.39. The highest BCUT2D eigenvalue weighted by Gasteiger charge is 2.10. The van der Waals surface area contributed by atoms with Gasteiger partial charge in [-0.05, 0) is 24.1 Å². The smallest absolute Gasteiger partial charge is 0.275 e. The molecular formula is C13H15N3O2S. The number of rotatable bonds is 5. The maximum atomic E-state index is 11.9. The number of carbonyl (C=O) groups excluding carboxylic acids is 1. The van der Waals surface area contributed by atoms with Gasteiger partial charge in [0.1, 0.15) is 10.7 Å². The molecule has 4 N–H and O–H groups in total. The minimum Gasteiger partial charge on any atom is -0.396 e. The van der Waals surface area contributed by atoms with Crippen LogP contribution in [0.4, 0.5) is 5.69 Å². The number of thiazole rings is 1. The van der Waals surface area contributed by atoms with Crippen LogP contribution in [-0.2, 0) is 13.0 Å². The van der Waals surface area contributed by atoms with E-state index in [4.69, 9.17) is 10.8 Å². The molecule has 0 spiro atoms. The summed E-state index contributed by atoms with van der Waals surface area (Å²) in [7, 11) is 0. The highest BCUT2D eigenvalue weighted by molar-refractivity contribution is 7.09. The summed E-state index contributed by atoms with van der Waals surface area (Å²) in [5.74, 6) is -0.245. The summed E-state index contributed by atoms with van der Waals surface area (Å²) in [6, 6.07) is 7.36. The van der Waals surface area contributed by atoms with Crippen molar-refractivity contribution in [3.8, 4) is 0 Å². The van der Waals surface area contributed by atoms with Gasteiger partial charge in [0.15, 0.2) is 0 Å². The fourth-order valence-electron chi connectivity index (χ4n) is 1.59. The molecule has 0 saturated carbocycles. The first kappa shape index (κ1) is 13.7. The van der Waals surface area contributed by atoms with E-state index in [1.54, 1.807) is 17.5 Å². The second kappa shape index (κ2) is 6.42.